The highest BCUT2D eigenvalue weighted by atomic mass is 16.6. The summed E-state index contributed by atoms with van der Waals surface area (Å²) >= 11 is 0. The minimum absolute atomic E-state index is 0.0988. The zero-order chi connectivity index (χ0) is 28.4. The second kappa shape index (κ2) is 11.2. The van der Waals surface area contributed by atoms with Crippen molar-refractivity contribution in [3.63, 3.8) is 0 Å². The van der Waals surface area contributed by atoms with Gasteiger partial charge in [0, 0.05) is 50.4 Å². The van der Waals surface area contributed by atoms with E-state index in [4.69, 9.17) is 9.72 Å². The highest BCUT2D eigenvalue weighted by molar-refractivity contribution is 5.84. The van der Waals surface area contributed by atoms with Crippen molar-refractivity contribution in [2.24, 2.45) is 0 Å². The Hall–Kier alpha value is -4.14. The van der Waals surface area contributed by atoms with Gasteiger partial charge in [-0.15, -0.1) is 0 Å². The lowest BCUT2D eigenvalue weighted by molar-refractivity contribution is 0.0263. The molecule has 1 fully saturated rings. The van der Waals surface area contributed by atoms with Crippen LogP contribution in [0.2, 0.25) is 0 Å². The summed E-state index contributed by atoms with van der Waals surface area (Å²) in [6.45, 7) is 13.2. The number of rotatable bonds is 5. The van der Waals surface area contributed by atoms with Crippen LogP contribution in [-0.4, -0.2) is 61.9 Å². The van der Waals surface area contributed by atoms with E-state index in [2.05, 4.69) is 34.4 Å². The van der Waals surface area contributed by atoms with Crippen molar-refractivity contribution < 1.29 is 9.53 Å². The van der Waals surface area contributed by atoms with Crippen LogP contribution in [0.3, 0.4) is 0 Å². The fraction of sp³-hybridized carbons (Fsp3) is 0.419. The first-order chi connectivity index (χ1) is 19.1. The van der Waals surface area contributed by atoms with Crippen LogP contribution in [0.5, 0.6) is 0 Å². The van der Waals surface area contributed by atoms with Gasteiger partial charge in [-0.3, -0.25) is 14.3 Å². The number of benzene rings is 1. The number of pyridine rings is 1. The third-order valence-corrected chi connectivity index (χ3v) is 7.08. The van der Waals surface area contributed by atoms with Gasteiger partial charge in [0.1, 0.15) is 16.9 Å². The maximum absolute atomic E-state index is 13.9. The molecule has 1 saturated heterocycles. The zero-order valence-corrected chi connectivity index (χ0v) is 24.1. The Bertz CT molecular complexity index is 1620. The van der Waals surface area contributed by atoms with E-state index >= 15 is 0 Å². The fourth-order valence-corrected chi connectivity index (χ4v) is 5.12. The maximum atomic E-state index is 13.9. The second-order valence-corrected chi connectivity index (χ2v) is 11.6. The van der Waals surface area contributed by atoms with E-state index < -0.39 is 5.60 Å². The predicted molar refractivity (Wildman–Crippen MR) is 159 cm³/mol. The van der Waals surface area contributed by atoms with Gasteiger partial charge in [-0.2, -0.15) is 0 Å². The van der Waals surface area contributed by atoms with E-state index in [1.165, 1.54) is 5.57 Å². The first-order valence-corrected chi connectivity index (χ1v) is 13.9. The van der Waals surface area contributed by atoms with Crippen LogP contribution < -0.4 is 10.5 Å². The summed E-state index contributed by atoms with van der Waals surface area (Å²) in [5, 5.41) is 2.11. The Morgan fingerprint density at radius 2 is 1.85 bits per heavy atom. The van der Waals surface area contributed by atoms with E-state index in [9.17, 15) is 9.59 Å². The van der Waals surface area contributed by atoms with Crippen LogP contribution in [0.25, 0.3) is 21.8 Å². The molecule has 3 aromatic heterocycles. The summed E-state index contributed by atoms with van der Waals surface area (Å²) in [6.07, 6.45) is 6.04. The van der Waals surface area contributed by atoms with Crippen LogP contribution in [0.4, 0.5) is 10.6 Å². The molecule has 0 atom stereocenters. The van der Waals surface area contributed by atoms with E-state index in [0.29, 0.717) is 43.8 Å². The maximum Gasteiger partial charge on any atom is 0.410 e. The van der Waals surface area contributed by atoms with Crippen LogP contribution in [-0.2, 0) is 17.8 Å². The van der Waals surface area contributed by atoms with E-state index in [-0.39, 0.29) is 11.7 Å². The number of carbonyl (C=O) groups is 1. The molecule has 0 bridgehead atoms. The molecule has 0 N–H and O–H groups in total. The first-order valence-electron chi connectivity index (χ1n) is 13.9. The summed E-state index contributed by atoms with van der Waals surface area (Å²) in [5.74, 6) is 0.934. The van der Waals surface area contributed by atoms with Gasteiger partial charge in [0.05, 0.1) is 24.1 Å². The molecule has 0 radical (unpaired) electrons. The molecule has 0 saturated carbocycles. The Morgan fingerprint density at radius 1 is 1.05 bits per heavy atom. The lowest BCUT2D eigenvalue weighted by atomic mass is 10.1. The smallest absolute Gasteiger partial charge is 0.410 e. The van der Waals surface area contributed by atoms with Gasteiger partial charge in [-0.1, -0.05) is 35.9 Å². The summed E-state index contributed by atoms with van der Waals surface area (Å²) in [6, 6.07) is 12.0. The van der Waals surface area contributed by atoms with Gasteiger partial charge >= 0.3 is 6.09 Å². The van der Waals surface area contributed by atoms with Gasteiger partial charge in [0.15, 0.2) is 0 Å². The van der Waals surface area contributed by atoms with Gasteiger partial charge in [-0.25, -0.2) is 9.78 Å². The van der Waals surface area contributed by atoms with Gasteiger partial charge in [0.2, 0.25) is 0 Å². The molecule has 1 amide bonds. The van der Waals surface area contributed by atoms with Crippen molar-refractivity contribution in [3.8, 4) is 0 Å². The standard InChI is InChI=1S/C31H38N6O3/c1-22(2)12-16-37-27(34-14-8-15-35(18-17-34)30(39)40-31(3,4)5)19-25-28(37)29(38)36(21-33-25)20-26-24-10-7-6-9-23(24)11-13-32-26/h6-7,9-13,19,21H,8,14-18,20H2,1-5H3. The minimum atomic E-state index is -0.535. The molecule has 1 aliphatic heterocycles. The monoisotopic (exact) mass is 542 g/mol. The molecule has 4 aromatic rings. The SMILES string of the molecule is CC(C)=CCn1c(N2CCCN(C(=O)OC(C)(C)C)CC2)cc2ncn(Cc3nccc4ccccc34)c(=O)c21. The molecule has 0 unspecified atom stereocenters. The van der Waals surface area contributed by atoms with Gasteiger partial charge in [-0.05, 0) is 52.5 Å². The molecule has 5 rings (SSSR count). The van der Waals surface area contributed by atoms with Gasteiger partial charge < -0.3 is 19.1 Å². The first kappa shape index (κ1) is 27.4. The molecule has 1 aliphatic rings. The number of allylic oxidation sites excluding steroid dienone is 2. The molecular weight excluding hydrogens is 504 g/mol. The van der Waals surface area contributed by atoms with E-state index in [0.717, 1.165) is 35.2 Å². The van der Waals surface area contributed by atoms with Crippen molar-refractivity contribution in [1.29, 1.82) is 0 Å². The number of ether oxygens (including phenoxy) is 1. The normalized spacial score (nSPS) is 14.4. The van der Waals surface area contributed by atoms with Crippen LogP contribution >= 0.6 is 0 Å². The number of carbonyl (C=O) groups excluding carboxylic acids is 1. The number of hydrogen-bond acceptors (Lipinski definition) is 6. The van der Waals surface area contributed by atoms with Crippen molar-refractivity contribution in [3.05, 3.63) is 76.6 Å². The zero-order valence-electron chi connectivity index (χ0n) is 24.1. The van der Waals surface area contributed by atoms with Crippen molar-refractivity contribution in [2.45, 2.75) is 59.7 Å². The lowest BCUT2D eigenvalue weighted by Crippen LogP contribution is -2.39. The molecule has 9 nitrogen and oxygen atoms in total. The lowest BCUT2D eigenvalue weighted by Gasteiger charge is -2.27. The number of fused-ring (bicyclic) bond motifs is 2. The number of amides is 1. The number of anilines is 1. The van der Waals surface area contributed by atoms with Crippen molar-refractivity contribution in [1.82, 2.24) is 24.0 Å². The Labute approximate surface area is 234 Å². The number of hydrogen-bond donors (Lipinski definition) is 0. The average molecular weight is 543 g/mol. The minimum Gasteiger partial charge on any atom is -0.444 e. The largest absolute Gasteiger partial charge is 0.444 e. The molecule has 1 aromatic carbocycles. The third kappa shape index (κ3) is 5.88. The average Bonchev–Trinajstić information content (AvgIpc) is 3.09. The van der Waals surface area contributed by atoms with Crippen LogP contribution in [0.15, 0.2) is 65.4 Å². The fourth-order valence-electron chi connectivity index (χ4n) is 5.12. The summed E-state index contributed by atoms with van der Waals surface area (Å²) in [4.78, 5) is 40.0. The summed E-state index contributed by atoms with van der Waals surface area (Å²) in [5.41, 5.74) is 2.61. The van der Waals surface area contributed by atoms with Crippen molar-refractivity contribution >= 4 is 33.7 Å². The molecule has 9 heteroatoms. The van der Waals surface area contributed by atoms with E-state index in [1.807, 2.05) is 57.2 Å². The third-order valence-electron chi connectivity index (χ3n) is 7.08. The van der Waals surface area contributed by atoms with Crippen LogP contribution in [0.1, 0.15) is 46.7 Å². The summed E-state index contributed by atoms with van der Waals surface area (Å²) in [7, 11) is 0. The molecular formula is C31H38N6O3. The molecule has 0 spiro atoms. The Kier molecular flexibility index (Phi) is 7.65. The second-order valence-electron chi connectivity index (χ2n) is 11.6. The number of nitrogens with zero attached hydrogens (tertiary/aromatic N) is 6. The van der Waals surface area contributed by atoms with Gasteiger partial charge in [0.25, 0.3) is 5.56 Å². The number of aromatic nitrogens is 4. The van der Waals surface area contributed by atoms with Crippen molar-refractivity contribution in [2.75, 3.05) is 31.1 Å². The molecule has 40 heavy (non-hydrogen) atoms. The Balaban J connectivity index is 1.50. The highest BCUT2D eigenvalue weighted by Crippen LogP contribution is 2.26. The van der Waals surface area contributed by atoms with Crippen LogP contribution in [0, 0.1) is 0 Å². The quantitative estimate of drug-likeness (QED) is 0.322. The molecule has 210 valence electrons. The Morgan fingerprint density at radius 3 is 2.62 bits per heavy atom. The summed E-state index contributed by atoms with van der Waals surface area (Å²) < 4.78 is 9.32. The highest BCUT2D eigenvalue weighted by Gasteiger charge is 2.26. The molecule has 0 aliphatic carbocycles. The predicted octanol–water partition coefficient (Wildman–Crippen LogP) is 5.21. The topological polar surface area (TPSA) is 85.5 Å². The van der Waals surface area contributed by atoms with E-state index in [1.54, 1.807) is 22.0 Å². The molecule has 4 heterocycles.